The van der Waals surface area contributed by atoms with Gasteiger partial charge in [0.25, 0.3) is 0 Å². The van der Waals surface area contributed by atoms with Crippen LogP contribution in [0.25, 0.3) is 5.69 Å². The second-order valence-corrected chi connectivity index (χ2v) is 6.60. The van der Waals surface area contributed by atoms with Crippen LogP contribution in [0.5, 0.6) is 0 Å². The summed E-state index contributed by atoms with van der Waals surface area (Å²) in [5.74, 6) is 0.537. The van der Waals surface area contributed by atoms with Crippen LogP contribution in [0.4, 0.5) is 5.95 Å². The van der Waals surface area contributed by atoms with Crippen molar-refractivity contribution >= 4 is 11.9 Å². The lowest BCUT2D eigenvalue weighted by Crippen LogP contribution is -2.12. The van der Waals surface area contributed by atoms with Crippen molar-refractivity contribution in [3.8, 4) is 5.69 Å². The van der Waals surface area contributed by atoms with Gasteiger partial charge >= 0.3 is 5.97 Å². The number of carbonyl (C=O) groups excluding carboxylic acids is 1. The van der Waals surface area contributed by atoms with Gasteiger partial charge in [0.15, 0.2) is 0 Å². The molecule has 4 rings (SSSR count). The maximum Gasteiger partial charge on any atom is 0.339 e. The van der Waals surface area contributed by atoms with E-state index >= 15 is 0 Å². The number of carbonyl (C=O) groups is 1. The number of pyridine rings is 1. The molecule has 138 valence electrons. The van der Waals surface area contributed by atoms with E-state index < -0.39 is 0 Å². The molecule has 1 N–H and O–H groups in total. The second-order valence-electron chi connectivity index (χ2n) is 6.60. The Hall–Kier alpha value is -3.29. The lowest BCUT2D eigenvalue weighted by molar-refractivity contribution is 0.0598. The fourth-order valence-electron chi connectivity index (χ4n) is 2.89. The number of aromatic nitrogens is 5. The summed E-state index contributed by atoms with van der Waals surface area (Å²) in [5.41, 5.74) is 4.24. The number of rotatable bonds is 6. The van der Waals surface area contributed by atoms with Crippen molar-refractivity contribution in [1.29, 1.82) is 0 Å². The van der Waals surface area contributed by atoms with Crippen molar-refractivity contribution < 1.29 is 9.53 Å². The normalized spacial score (nSPS) is 13.4. The number of methoxy groups -OCH3 is 1. The molecule has 8 nitrogen and oxygen atoms in total. The SMILES string of the molecule is COC(=O)c1ccc(CNc2nnnn2-c2ccc(C)cc2)nc1C1CC1. The van der Waals surface area contributed by atoms with Crippen LogP contribution in [0.2, 0.25) is 0 Å². The number of nitrogens with one attached hydrogen (secondary N) is 1. The fraction of sp³-hybridized carbons (Fsp3) is 0.316. The summed E-state index contributed by atoms with van der Waals surface area (Å²) >= 11 is 0. The van der Waals surface area contributed by atoms with E-state index in [1.54, 1.807) is 10.7 Å². The Morgan fingerprint density at radius 2 is 2.00 bits per heavy atom. The summed E-state index contributed by atoms with van der Waals surface area (Å²) in [6, 6.07) is 11.6. The maximum atomic E-state index is 11.9. The molecule has 1 fully saturated rings. The van der Waals surface area contributed by atoms with Crippen LogP contribution in [0.3, 0.4) is 0 Å². The largest absolute Gasteiger partial charge is 0.465 e. The molecular weight excluding hydrogens is 344 g/mol. The van der Waals surface area contributed by atoms with Gasteiger partial charge in [0.2, 0.25) is 5.95 Å². The molecule has 0 radical (unpaired) electrons. The molecular formula is C19H20N6O2. The zero-order valence-electron chi connectivity index (χ0n) is 15.2. The van der Waals surface area contributed by atoms with E-state index in [0.717, 1.165) is 29.9 Å². The number of tetrazole rings is 1. The minimum absolute atomic E-state index is 0.341. The van der Waals surface area contributed by atoms with E-state index in [2.05, 4.69) is 25.8 Å². The molecule has 1 aromatic carbocycles. The first-order chi connectivity index (χ1) is 13.2. The molecule has 0 saturated heterocycles. The average Bonchev–Trinajstić information content (AvgIpc) is 3.44. The Bertz CT molecular complexity index is 963. The third-order valence-corrected chi connectivity index (χ3v) is 4.53. The van der Waals surface area contributed by atoms with E-state index in [4.69, 9.17) is 4.74 Å². The number of esters is 1. The predicted octanol–water partition coefficient (Wildman–Crippen LogP) is 2.64. The molecule has 1 aliphatic carbocycles. The first kappa shape index (κ1) is 17.1. The minimum atomic E-state index is -0.341. The van der Waals surface area contributed by atoms with E-state index in [-0.39, 0.29) is 5.97 Å². The van der Waals surface area contributed by atoms with Crippen LogP contribution in [0, 0.1) is 6.92 Å². The number of aryl methyl sites for hydroxylation is 1. The molecule has 0 spiro atoms. The molecule has 1 saturated carbocycles. The van der Waals surface area contributed by atoms with Gasteiger partial charge < -0.3 is 10.1 Å². The average molecular weight is 364 g/mol. The summed E-state index contributed by atoms with van der Waals surface area (Å²) in [6.45, 7) is 2.48. The Balaban J connectivity index is 1.53. The highest BCUT2D eigenvalue weighted by molar-refractivity contribution is 5.90. The molecule has 8 heteroatoms. The fourth-order valence-corrected chi connectivity index (χ4v) is 2.89. The lowest BCUT2D eigenvalue weighted by Gasteiger charge is -2.10. The summed E-state index contributed by atoms with van der Waals surface area (Å²) in [5, 5.41) is 15.1. The van der Waals surface area contributed by atoms with Crippen molar-refractivity contribution in [3.05, 3.63) is 58.9 Å². The van der Waals surface area contributed by atoms with E-state index in [0.29, 0.717) is 24.0 Å². The van der Waals surface area contributed by atoms with Gasteiger partial charge in [-0.25, -0.2) is 4.79 Å². The highest BCUT2D eigenvalue weighted by atomic mass is 16.5. The lowest BCUT2D eigenvalue weighted by atomic mass is 10.1. The number of benzene rings is 1. The first-order valence-corrected chi connectivity index (χ1v) is 8.83. The van der Waals surface area contributed by atoms with Gasteiger partial charge in [0.1, 0.15) is 0 Å². The van der Waals surface area contributed by atoms with Crippen molar-refractivity contribution in [2.24, 2.45) is 0 Å². The summed E-state index contributed by atoms with van der Waals surface area (Å²) in [6.07, 6.45) is 2.11. The van der Waals surface area contributed by atoms with Crippen molar-refractivity contribution in [1.82, 2.24) is 25.2 Å². The van der Waals surface area contributed by atoms with Gasteiger partial charge in [-0.2, -0.15) is 4.68 Å². The van der Waals surface area contributed by atoms with E-state index in [1.807, 2.05) is 37.3 Å². The van der Waals surface area contributed by atoms with Crippen molar-refractivity contribution in [2.45, 2.75) is 32.2 Å². The molecule has 0 bridgehead atoms. The third kappa shape index (κ3) is 3.64. The molecule has 0 aliphatic heterocycles. The topological polar surface area (TPSA) is 94.8 Å². The zero-order chi connectivity index (χ0) is 18.8. The highest BCUT2D eigenvalue weighted by Gasteiger charge is 2.30. The first-order valence-electron chi connectivity index (χ1n) is 8.83. The molecule has 27 heavy (non-hydrogen) atoms. The van der Waals surface area contributed by atoms with Gasteiger partial charge in [-0.15, -0.1) is 0 Å². The third-order valence-electron chi connectivity index (χ3n) is 4.53. The van der Waals surface area contributed by atoms with Gasteiger partial charge in [-0.3, -0.25) is 4.98 Å². The van der Waals surface area contributed by atoms with Crippen LogP contribution >= 0.6 is 0 Å². The molecule has 0 unspecified atom stereocenters. The van der Waals surface area contributed by atoms with Gasteiger partial charge in [-0.1, -0.05) is 22.8 Å². The molecule has 0 amide bonds. The van der Waals surface area contributed by atoms with Crippen LogP contribution in [-0.4, -0.2) is 38.3 Å². The number of anilines is 1. The summed E-state index contributed by atoms with van der Waals surface area (Å²) < 4.78 is 6.51. The Labute approximate surface area is 156 Å². The van der Waals surface area contributed by atoms with Gasteiger partial charge in [-0.05, 0) is 54.5 Å². The molecule has 3 aromatic rings. The van der Waals surface area contributed by atoms with Crippen molar-refractivity contribution in [3.63, 3.8) is 0 Å². The van der Waals surface area contributed by atoms with Crippen LogP contribution < -0.4 is 5.32 Å². The van der Waals surface area contributed by atoms with Gasteiger partial charge in [0, 0.05) is 5.92 Å². The second kappa shape index (κ2) is 7.14. The predicted molar refractivity (Wildman–Crippen MR) is 98.8 cm³/mol. The quantitative estimate of drug-likeness (QED) is 0.672. The summed E-state index contributed by atoms with van der Waals surface area (Å²) in [4.78, 5) is 16.6. The van der Waals surface area contributed by atoms with Crippen LogP contribution in [0.1, 0.15) is 46.1 Å². The van der Waals surface area contributed by atoms with Crippen molar-refractivity contribution in [2.75, 3.05) is 12.4 Å². The zero-order valence-corrected chi connectivity index (χ0v) is 15.2. The minimum Gasteiger partial charge on any atom is -0.465 e. The number of hydrogen-bond donors (Lipinski definition) is 1. The monoisotopic (exact) mass is 364 g/mol. The highest BCUT2D eigenvalue weighted by Crippen LogP contribution is 2.40. The Morgan fingerprint density at radius 1 is 1.22 bits per heavy atom. The standard InChI is InChI=1S/C19H20N6O2/c1-12-3-8-15(9-4-12)25-19(22-23-24-25)20-11-14-7-10-16(18(26)27-2)17(21-14)13-5-6-13/h3-4,7-10,13H,5-6,11H2,1-2H3,(H,20,22,24). The van der Waals surface area contributed by atoms with Gasteiger partial charge in [0.05, 0.1) is 36.3 Å². The smallest absolute Gasteiger partial charge is 0.339 e. The van der Waals surface area contributed by atoms with Crippen LogP contribution in [0.15, 0.2) is 36.4 Å². The van der Waals surface area contributed by atoms with E-state index in [9.17, 15) is 4.79 Å². The Kier molecular flexibility index (Phi) is 4.53. The maximum absolute atomic E-state index is 11.9. The molecule has 2 aromatic heterocycles. The number of ether oxygens (including phenoxy) is 1. The van der Waals surface area contributed by atoms with Crippen LogP contribution in [-0.2, 0) is 11.3 Å². The van der Waals surface area contributed by atoms with E-state index in [1.165, 1.54) is 12.7 Å². The molecule has 1 aliphatic rings. The number of nitrogens with zero attached hydrogens (tertiary/aromatic N) is 5. The number of hydrogen-bond acceptors (Lipinski definition) is 7. The molecule has 0 atom stereocenters. The molecule has 2 heterocycles. The Morgan fingerprint density at radius 3 is 2.70 bits per heavy atom. The summed E-state index contributed by atoms with van der Waals surface area (Å²) in [7, 11) is 1.39.